The Hall–Kier alpha value is -0.330. The average Bonchev–Trinajstić information content (AvgIpc) is 2.15. The van der Waals surface area contributed by atoms with E-state index in [0.717, 1.165) is 0 Å². The Labute approximate surface area is 92.7 Å². The molecule has 0 heterocycles. The SMILES string of the molecule is C[C@@H](O)CNC1CCC(O)(C(F)(F)F)CC1. The van der Waals surface area contributed by atoms with Crippen LogP contribution >= 0.6 is 0 Å². The summed E-state index contributed by atoms with van der Waals surface area (Å²) in [5.41, 5.74) is -2.52. The van der Waals surface area contributed by atoms with Gasteiger partial charge < -0.3 is 15.5 Å². The second kappa shape index (κ2) is 4.89. The molecule has 0 aliphatic heterocycles. The van der Waals surface area contributed by atoms with Crippen LogP contribution in [0.5, 0.6) is 0 Å². The normalized spacial score (nSPS) is 33.8. The van der Waals surface area contributed by atoms with Gasteiger partial charge in [-0.1, -0.05) is 0 Å². The molecule has 3 nitrogen and oxygen atoms in total. The largest absolute Gasteiger partial charge is 0.417 e. The summed E-state index contributed by atoms with van der Waals surface area (Å²) in [6.45, 7) is 1.98. The van der Waals surface area contributed by atoms with E-state index in [-0.39, 0.29) is 31.7 Å². The molecule has 1 rings (SSSR count). The standard InChI is InChI=1S/C10H18F3NO2/c1-7(15)6-14-8-2-4-9(16,5-3-8)10(11,12)13/h7-8,14-16H,2-6H2,1H3/t7-,8?,9?/m1/s1. The van der Waals surface area contributed by atoms with Crippen molar-refractivity contribution in [3.63, 3.8) is 0 Å². The molecule has 16 heavy (non-hydrogen) atoms. The summed E-state index contributed by atoms with van der Waals surface area (Å²) < 4.78 is 37.4. The highest BCUT2D eigenvalue weighted by atomic mass is 19.4. The molecule has 0 aromatic rings. The molecule has 1 saturated carbocycles. The van der Waals surface area contributed by atoms with Gasteiger partial charge in [0.1, 0.15) is 0 Å². The molecule has 0 unspecified atom stereocenters. The summed E-state index contributed by atoms with van der Waals surface area (Å²) in [7, 11) is 0. The molecule has 1 aliphatic rings. The summed E-state index contributed by atoms with van der Waals surface area (Å²) in [4.78, 5) is 0. The number of aliphatic hydroxyl groups excluding tert-OH is 1. The molecule has 0 radical (unpaired) electrons. The first-order chi connectivity index (χ1) is 7.24. The van der Waals surface area contributed by atoms with Crippen LogP contribution in [0.4, 0.5) is 13.2 Å². The van der Waals surface area contributed by atoms with Gasteiger partial charge in [0, 0.05) is 12.6 Å². The van der Waals surface area contributed by atoms with Gasteiger partial charge in [-0.05, 0) is 32.6 Å². The Kier molecular flexibility index (Phi) is 4.20. The van der Waals surface area contributed by atoms with Crippen molar-refractivity contribution in [1.82, 2.24) is 5.32 Å². The molecular weight excluding hydrogens is 223 g/mol. The van der Waals surface area contributed by atoms with Gasteiger partial charge >= 0.3 is 6.18 Å². The van der Waals surface area contributed by atoms with Crippen LogP contribution in [-0.2, 0) is 0 Å². The predicted molar refractivity (Wildman–Crippen MR) is 52.9 cm³/mol. The molecular formula is C10H18F3NO2. The Morgan fingerprint density at radius 3 is 2.25 bits per heavy atom. The lowest BCUT2D eigenvalue weighted by molar-refractivity contribution is -0.270. The van der Waals surface area contributed by atoms with E-state index in [0.29, 0.717) is 6.54 Å². The first-order valence-electron chi connectivity index (χ1n) is 5.45. The molecule has 1 aliphatic carbocycles. The Balaban J connectivity index is 2.39. The number of hydrogen-bond donors (Lipinski definition) is 3. The minimum absolute atomic E-state index is 0.0442. The monoisotopic (exact) mass is 241 g/mol. The second-order valence-electron chi connectivity index (χ2n) is 4.56. The van der Waals surface area contributed by atoms with Gasteiger partial charge in [-0.25, -0.2) is 0 Å². The topological polar surface area (TPSA) is 52.5 Å². The van der Waals surface area contributed by atoms with E-state index in [9.17, 15) is 18.3 Å². The molecule has 6 heteroatoms. The molecule has 0 bridgehead atoms. The number of aliphatic hydroxyl groups is 2. The third-order valence-electron chi connectivity index (χ3n) is 3.04. The Bertz CT molecular complexity index is 223. The highest BCUT2D eigenvalue weighted by Gasteiger charge is 2.54. The maximum absolute atomic E-state index is 12.5. The molecule has 96 valence electrons. The molecule has 0 saturated heterocycles. The lowest BCUT2D eigenvalue weighted by Gasteiger charge is -2.37. The van der Waals surface area contributed by atoms with Crippen molar-refractivity contribution >= 4 is 0 Å². The van der Waals surface area contributed by atoms with Crippen LogP contribution in [0.2, 0.25) is 0 Å². The average molecular weight is 241 g/mol. The Morgan fingerprint density at radius 2 is 1.88 bits per heavy atom. The zero-order chi connectivity index (χ0) is 12.4. The van der Waals surface area contributed by atoms with Gasteiger partial charge in [0.25, 0.3) is 0 Å². The minimum Gasteiger partial charge on any atom is -0.392 e. The van der Waals surface area contributed by atoms with Gasteiger partial charge in [-0.3, -0.25) is 0 Å². The fraction of sp³-hybridized carbons (Fsp3) is 1.00. The van der Waals surface area contributed by atoms with Gasteiger partial charge in [0.15, 0.2) is 5.60 Å². The molecule has 1 atom stereocenters. The number of halogens is 3. The smallest absolute Gasteiger partial charge is 0.392 e. The minimum atomic E-state index is -4.54. The zero-order valence-corrected chi connectivity index (χ0v) is 9.22. The van der Waals surface area contributed by atoms with E-state index >= 15 is 0 Å². The number of rotatable bonds is 3. The molecule has 0 amide bonds. The summed E-state index contributed by atoms with van der Waals surface area (Å²) in [5.74, 6) is 0. The van der Waals surface area contributed by atoms with E-state index in [4.69, 9.17) is 5.11 Å². The van der Waals surface area contributed by atoms with Crippen LogP contribution in [-0.4, -0.2) is 40.7 Å². The van der Waals surface area contributed by atoms with Gasteiger partial charge in [0.2, 0.25) is 0 Å². The molecule has 0 aromatic heterocycles. The second-order valence-corrected chi connectivity index (χ2v) is 4.56. The maximum Gasteiger partial charge on any atom is 0.417 e. The van der Waals surface area contributed by atoms with Crippen LogP contribution in [0.25, 0.3) is 0 Å². The quantitative estimate of drug-likeness (QED) is 0.695. The molecule has 3 N–H and O–H groups in total. The molecule has 0 spiro atoms. The summed E-state index contributed by atoms with van der Waals surface area (Å²) >= 11 is 0. The zero-order valence-electron chi connectivity index (χ0n) is 9.22. The Morgan fingerprint density at radius 1 is 1.38 bits per heavy atom. The third-order valence-corrected chi connectivity index (χ3v) is 3.04. The molecule has 0 aromatic carbocycles. The van der Waals surface area contributed by atoms with Crippen molar-refractivity contribution in [3.8, 4) is 0 Å². The van der Waals surface area contributed by atoms with Crippen molar-refractivity contribution in [2.45, 2.75) is 56.5 Å². The van der Waals surface area contributed by atoms with Crippen LogP contribution in [0.1, 0.15) is 32.6 Å². The van der Waals surface area contributed by atoms with Crippen LogP contribution in [0, 0.1) is 0 Å². The third kappa shape index (κ3) is 3.33. The predicted octanol–water partition coefficient (Wildman–Crippen LogP) is 1.19. The van der Waals surface area contributed by atoms with Gasteiger partial charge in [-0.2, -0.15) is 13.2 Å². The van der Waals surface area contributed by atoms with Crippen molar-refractivity contribution in [2.24, 2.45) is 0 Å². The highest BCUT2D eigenvalue weighted by Crippen LogP contribution is 2.41. The van der Waals surface area contributed by atoms with Crippen LogP contribution in [0.3, 0.4) is 0 Å². The lowest BCUT2D eigenvalue weighted by Crippen LogP contribution is -2.51. The lowest BCUT2D eigenvalue weighted by atomic mass is 9.81. The fourth-order valence-electron chi connectivity index (χ4n) is 1.92. The van der Waals surface area contributed by atoms with E-state index in [1.165, 1.54) is 0 Å². The number of nitrogens with one attached hydrogen (secondary N) is 1. The van der Waals surface area contributed by atoms with E-state index in [1.54, 1.807) is 6.92 Å². The number of alkyl halides is 3. The van der Waals surface area contributed by atoms with E-state index in [1.807, 2.05) is 0 Å². The summed E-state index contributed by atoms with van der Waals surface area (Å²) in [5, 5.41) is 21.4. The first-order valence-corrected chi connectivity index (χ1v) is 5.45. The van der Waals surface area contributed by atoms with Crippen LogP contribution < -0.4 is 5.32 Å². The van der Waals surface area contributed by atoms with Crippen LogP contribution in [0.15, 0.2) is 0 Å². The fourth-order valence-corrected chi connectivity index (χ4v) is 1.92. The van der Waals surface area contributed by atoms with Crippen molar-refractivity contribution in [2.75, 3.05) is 6.54 Å². The summed E-state index contributed by atoms with van der Waals surface area (Å²) in [6, 6.07) is -0.0442. The maximum atomic E-state index is 12.5. The van der Waals surface area contributed by atoms with Crippen molar-refractivity contribution in [1.29, 1.82) is 0 Å². The summed E-state index contributed by atoms with van der Waals surface area (Å²) in [6.07, 6.45) is -5.03. The van der Waals surface area contributed by atoms with E-state index < -0.39 is 17.9 Å². The van der Waals surface area contributed by atoms with Crippen molar-refractivity contribution < 1.29 is 23.4 Å². The van der Waals surface area contributed by atoms with Gasteiger partial charge in [-0.15, -0.1) is 0 Å². The van der Waals surface area contributed by atoms with E-state index in [2.05, 4.69) is 5.32 Å². The van der Waals surface area contributed by atoms with Crippen molar-refractivity contribution in [3.05, 3.63) is 0 Å². The first kappa shape index (κ1) is 13.7. The number of hydrogen-bond acceptors (Lipinski definition) is 3. The van der Waals surface area contributed by atoms with Gasteiger partial charge in [0.05, 0.1) is 6.10 Å². The molecule has 1 fully saturated rings. The highest BCUT2D eigenvalue weighted by molar-refractivity contribution is 4.93.